The van der Waals surface area contributed by atoms with Crippen LogP contribution in [-0.2, 0) is 12.3 Å². The van der Waals surface area contributed by atoms with Gasteiger partial charge in [0.15, 0.2) is 0 Å². The minimum Gasteiger partial charge on any atom is -0.202 e. The average Bonchev–Trinajstić information content (AvgIpc) is 2.04. The summed E-state index contributed by atoms with van der Waals surface area (Å²) in [7, 11) is 0. The summed E-state index contributed by atoms with van der Waals surface area (Å²) >= 11 is 3.27. The summed E-state index contributed by atoms with van der Waals surface area (Å²) in [5, 5.41) is 0.797. The van der Waals surface area contributed by atoms with Gasteiger partial charge in [-0.1, -0.05) is 34.1 Å². The van der Waals surface area contributed by atoms with Crippen molar-refractivity contribution in [2.45, 2.75) is 19.3 Å². The lowest BCUT2D eigenvalue weighted by atomic mass is 10.1. The molecule has 0 saturated carbocycles. The van der Waals surface area contributed by atoms with Crippen LogP contribution in [0.3, 0.4) is 0 Å². The van der Waals surface area contributed by atoms with E-state index in [1.165, 1.54) is 6.07 Å². The molecule has 0 N–H and O–H groups in total. The maximum atomic E-state index is 12.9. The molecule has 0 aliphatic carbocycles. The van der Waals surface area contributed by atoms with Gasteiger partial charge in [-0.3, -0.25) is 0 Å². The van der Waals surface area contributed by atoms with E-state index in [4.69, 9.17) is 0 Å². The first-order valence-electron chi connectivity index (χ1n) is 4.07. The van der Waals surface area contributed by atoms with Crippen LogP contribution in [0.1, 0.15) is 18.1 Å². The zero-order chi connectivity index (χ0) is 9.90. The predicted octanol–water partition coefficient (Wildman–Crippen LogP) is 3.74. The van der Waals surface area contributed by atoms with Gasteiger partial charge in [0, 0.05) is 17.8 Å². The molecule has 0 unspecified atom stereocenters. The molecule has 0 amide bonds. The Bertz CT molecular complexity index is 278. The first-order valence-corrected chi connectivity index (χ1v) is 5.19. The van der Waals surface area contributed by atoms with Gasteiger partial charge in [0.05, 0.1) is 0 Å². The van der Waals surface area contributed by atoms with E-state index in [-0.39, 0.29) is 5.56 Å². The molecule has 1 aromatic rings. The second-order valence-electron chi connectivity index (χ2n) is 3.03. The maximum Gasteiger partial charge on any atom is 0.270 e. The third kappa shape index (κ3) is 3.07. The molecule has 72 valence electrons. The molecule has 0 saturated heterocycles. The fourth-order valence-electron chi connectivity index (χ4n) is 1.11. The normalized spacial score (nSPS) is 11.7. The third-order valence-corrected chi connectivity index (χ3v) is 2.21. The lowest BCUT2D eigenvalue weighted by molar-refractivity contribution is 0.0174. The van der Waals surface area contributed by atoms with Gasteiger partial charge in [-0.2, -0.15) is 0 Å². The molecule has 0 spiro atoms. The van der Waals surface area contributed by atoms with Crippen LogP contribution in [0.2, 0.25) is 0 Å². The van der Waals surface area contributed by atoms with E-state index in [0.717, 1.165) is 24.2 Å². The van der Waals surface area contributed by atoms with Gasteiger partial charge in [-0.15, -0.1) is 0 Å². The van der Waals surface area contributed by atoms with E-state index in [1.807, 2.05) is 6.07 Å². The van der Waals surface area contributed by atoms with Crippen molar-refractivity contribution < 1.29 is 8.78 Å². The van der Waals surface area contributed by atoms with Crippen LogP contribution in [0.5, 0.6) is 0 Å². The molecule has 3 heteroatoms. The number of rotatable bonds is 3. The van der Waals surface area contributed by atoms with Gasteiger partial charge in [-0.25, -0.2) is 8.78 Å². The smallest absolute Gasteiger partial charge is 0.202 e. The van der Waals surface area contributed by atoms with Crippen LogP contribution < -0.4 is 0 Å². The molecule has 0 atom stereocenters. The zero-order valence-corrected chi connectivity index (χ0v) is 8.94. The standard InChI is InChI=1S/C10H11BrF2/c1-10(12,13)9-4-2-3-8(7-9)5-6-11/h2-4,7H,5-6H2,1H3. The summed E-state index contributed by atoms with van der Waals surface area (Å²) in [5.74, 6) is -2.73. The highest BCUT2D eigenvalue weighted by Gasteiger charge is 2.23. The summed E-state index contributed by atoms with van der Waals surface area (Å²) in [6.07, 6.45) is 0.782. The Morgan fingerprint density at radius 1 is 1.38 bits per heavy atom. The number of hydrogen-bond acceptors (Lipinski definition) is 0. The van der Waals surface area contributed by atoms with Crippen LogP contribution in [-0.4, -0.2) is 5.33 Å². The summed E-state index contributed by atoms with van der Waals surface area (Å²) in [6.45, 7) is 0.917. The lowest BCUT2D eigenvalue weighted by Gasteiger charge is -2.11. The van der Waals surface area contributed by atoms with Crippen molar-refractivity contribution in [3.8, 4) is 0 Å². The van der Waals surface area contributed by atoms with Crippen molar-refractivity contribution in [1.82, 2.24) is 0 Å². The summed E-state index contributed by atoms with van der Waals surface area (Å²) in [6, 6.07) is 6.54. The highest BCUT2D eigenvalue weighted by molar-refractivity contribution is 9.09. The lowest BCUT2D eigenvalue weighted by Crippen LogP contribution is -2.07. The summed E-state index contributed by atoms with van der Waals surface area (Å²) in [4.78, 5) is 0. The van der Waals surface area contributed by atoms with Crippen molar-refractivity contribution >= 4 is 15.9 Å². The Kier molecular flexibility index (Phi) is 3.42. The largest absolute Gasteiger partial charge is 0.270 e. The van der Waals surface area contributed by atoms with Gasteiger partial charge < -0.3 is 0 Å². The van der Waals surface area contributed by atoms with Crippen molar-refractivity contribution in [3.05, 3.63) is 35.4 Å². The minimum atomic E-state index is -2.73. The fraction of sp³-hybridized carbons (Fsp3) is 0.400. The summed E-state index contributed by atoms with van der Waals surface area (Å²) in [5.41, 5.74) is 1.03. The second-order valence-corrected chi connectivity index (χ2v) is 3.82. The van der Waals surface area contributed by atoms with Crippen LogP contribution in [0.15, 0.2) is 24.3 Å². The second kappa shape index (κ2) is 4.18. The maximum absolute atomic E-state index is 12.9. The first kappa shape index (κ1) is 10.6. The van der Waals surface area contributed by atoms with Crippen molar-refractivity contribution in [2.75, 3.05) is 5.33 Å². The molecular weight excluding hydrogens is 238 g/mol. The molecule has 0 aliphatic heterocycles. The molecule has 0 bridgehead atoms. The zero-order valence-electron chi connectivity index (χ0n) is 7.36. The Morgan fingerprint density at radius 3 is 2.62 bits per heavy atom. The minimum absolute atomic E-state index is 0.0888. The Morgan fingerprint density at radius 2 is 2.08 bits per heavy atom. The van der Waals surface area contributed by atoms with Crippen LogP contribution in [0, 0.1) is 0 Å². The van der Waals surface area contributed by atoms with Gasteiger partial charge in [0.25, 0.3) is 5.92 Å². The van der Waals surface area contributed by atoms with Gasteiger partial charge >= 0.3 is 0 Å². The van der Waals surface area contributed by atoms with Crippen LogP contribution >= 0.6 is 15.9 Å². The van der Waals surface area contributed by atoms with E-state index >= 15 is 0 Å². The number of halogens is 3. The van der Waals surface area contributed by atoms with Crippen molar-refractivity contribution in [2.24, 2.45) is 0 Å². The topological polar surface area (TPSA) is 0 Å². The Hall–Kier alpha value is -0.440. The van der Waals surface area contributed by atoms with E-state index in [0.29, 0.717) is 0 Å². The number of hydrogen-bond donors (Lipinski definition) is 0. The van der Waals surface area contributed by atoms with E-state index in [2.05, 4.69) is 15.9 Å². The molecular formula is C10H11BrF2. The third-order valence-electron chi connectivity index (χ3n) is 1.82. The molecule has 0 aliphatic rings. The van der Waals surface area contributed by atoms with Gasteiger partial charge in [-0.05, 0) is 18.1 Å². The van der Waals surface area contributed by atoms with E-state index in [9.17, 15) is 8.78 Å². The van der Waals surface area contributed by atoms with Crippen LogP contribution in [0.4, 0.5) is 8.78 Å². The molecule has 0 radical (unpaired) electrons. The van der Waals surface area contributed by atoms with Crippen LogP contribution in [0.25, 0.3) is 0 Å². The Labute approximate surface area is 85.1 Å². The highest BCUT2D eigenvalue weighted by Crippen LogP contribution is 2.27. The monoisotopic (exact) mass is 248 g/mol. The molecule has 1 rings (SSSR count). The molecule has 1 aromatic carbocycles. The SMILES string of the molecule is CC(F)(F)c1cccc(CCBr)c1. The number of benzene rings is 1. The van der Waals surface area contributed by atoms with Gasteiger partial charge in [0.2, 0.25) is 0 Å². The number of aryl methyl sites for hydroxylation is 1. The fourth-order valence-corrected chi connectivity index (χ4v) is 1.57. The molecule has 0 fully saturated rings. The molecule has 13 heavy (non-hydrogen) atoms. The van der Waals surface area contributed by atoms with Crippen molar-refractivity contribution in [3.63, 3.8) is 0 Å². The highest BCUT2D eigenvalue weighted by atomic mass is 79.9. The van der Waals surface area contributed by atoms with E-state index < -0.39 is 5.92 Å². The molecule has 0 nitrogen and oxygen atoms in total. The summed E-state index contributed by atoms with van der Waals surface area (Å²) < 4.78 is 25.7. The van der Waals surface area contributed by atoms with E-state index in [1.54, 1.807) is 12.1 Å². The average molecular weight is 249 g/mol. The predicted molar refractivity (Wildman–Crippen MR) is 53.5 cm³/mol. The van der Waals surface area contributed by atoms with Crippen molar-refractivity contribution in [1.29, 1.82) is 0 Å². The molecule has 0 heterocycles. The molecule has 0 aromatic heterocycles. The Balaban J connectivity index is 2.92. The van der Waals surface area contributed by atoms with Gasteiger partial charge in [0.1, 0.15) is 0 Å². The first-order chi connectivity index (χ1) is 6.04. The quantitative estimate of drug-likeness (QED) is 0.716. The number of alkyl halides is 3.